The van der Waals surface area contributed by atoms with Crippen LogP contribution in [0.1, 0.15) is 33.6 Å². The van der Waals surface area contributed by atoms with Gasteiger partial charge in [0.05, 0.1) is 0 Å². The molecule has 0 aliphatic rings. The zero-order valence-electron chi connectivity index (χ0n) is 7.85. The molecule has 0 aromatic heterocycles. The van der Waals surface area contributed by atoms with Gasteiger partial charge in [-0.15, -0.1) is 0 Å². The van der Waals surface area contributed by atoms with Crippen LogP contribution in [0.4, 0.5) is 0 Å². The third-order valence-corrected chi connectivity index (χ3v) is 2.24. The maximum absolute atomic E-state index is 2.37. The van der Waals surface area contributed by atoms with Gasteiger partial charge in [0.25, 0.3) is 0 Å². The SMILES string of the molecule is CCC(C)CCN(C)CC. The van der Waals surface area contributed by atoms with Crippen LogP contribution in [-0.4, -0.2) is 25.0 Å². The third kappa shape index (κ3) is 4.80. The Morgan fingerprint density at radius 1 is 1.30 bits per heavy atom. The highest BCUT2D eigenvalue weighted by molar-refractivity contribution is 4.53. The van der Waals surface area contributed by atoms with Crippen LogP contribution in [-0.2, 0) is 0 Å². The van der Waals surface area contributed by atoms with Crippen LogP contribution >= 0.6 is 0 Å². The van der Waals surface area contributed by atoms with Crippen LogP contribution in [0, 0.1) is 5.92 Å². The summed E-state index contributed by atoms with van der Waals surface area (Å²) in [5, 5.41) is 0. The van der Waals surface area contributed by atoms with E-state index in [1.165, 1.54) is 25.9 Å². The monoisotopic (exact) mass is 143 g/mol. The molecule has 0 fully saturated rings. The highest BCUT2D eigenvalue weighted by Crippen LogP contribution is 2.06. The molecule has 0 bridgehead atoms. The first kappa shape index (κ1) is 9.96. The molecule has 1 unspecified atom stereocenters. The molecule has 0 spiro atoms. The molecule has 10 heavy (non-hydrogen) atoms. The van der Waals surface area contributed by atoms with Crippen molar-refractivity contribution in [2.45, 2.75) is 33.6 Å². The summed E-state index contributed by atoms with van der Waals surface area (Å²) in [4.78, 5) is 2.37. The van der Waals surface area contributed by atoms with Gasteiger partial charge >= 0.3 is 0 Å². The Morgan fingerprint density at radius 2 is 1.90 bits per heavy atom. The highest BCUT2D eigenvalue weighted by Gasteiger charge is 1.99. The first-order valence-corrected chi connectivity index (χ1v) is 4.39. The summed E-state index contributed by atoms with van der Waals surface area (Å²) < 4.78 is 0. The van der Waals surface area contributed by atoms with E-state index in [2.05, 4.69) is 32.7 Å². The van der Waals surface area contributed by atoms with Gasteiger partial charge in [0.1, 0.15) is 0 Å². The number of nitrogens with zero attached hydrogens (tertiary/aromatic N) is 1. The van der Waals surface area contributed by atoms with E-state index in [0.29, 0.717) is 0 Å². The Labute approximate surface area is 65.4 Å². The van der Waals surface area contributed by atoms with Gasteiger partial charge < -0.3 is 4.90 Å². The molecule has 1 nitrogen and oxygen atoms in total. The Hall–Kier alpha value is -0.0400. The molecule has 0 aromatic carbocycles. The molecular formula is C9H21N. The van der Waals surface area contributed by atoms with Crippen molar-refractivity contribution in [3.8, 4) is 0 Å². The van der Waals surface area contributed by atoms with Gasteiger partial charge in [0.2, 0.25) is 0 Å². The summed E-state index contributed by atoms with van der Waals surface area (Å²) in [6, 6.07) is 0. The predicted octanol–water partition coefficient (Wildman–Crippen LogP) is 2.37. The lowest BCUT2D eigenvalue weighted by Gasteiger charge is -2.15. The molecule has 0 rings (SSSR count). The number of rotatable bonds is 5. The summed E-state index contributed by atoms with van der Waals surface area (Å²) in [5.41, 5.74) is 0. The van der Waals surface area contributed by atoms with E-state index in [9.17, 15) is 0 Å². The summed E-state index contributed by atoms with van der Waals surface area (Å²) in [6.07, 6.45) is 2.67. The average molecular weight is 143 g/mol. The molecular weight excluding hydrogens is 122 g/mol. The molecule has 0 amide bonds. The standard InChI is InChI=1S/C9H21N/c1-5-9(3)7-8-10(4)6-2/h9H,5-8H2,1-4H3. The molecule has 0 aliphatic heterocycles. The molecule has 0 saturated carbocycles. The van der Waals surface area contributed by atoms with Crippen LogP contribution in [0.2, 0.25) is 0 Å². The second kappa shape index (κ2) is 5.72. The lowest BCUT2D eigenvalue weighted by atomic mass is 10.1. The zero-order chi connectivity index (χ0) is 7.98. The first-order chi connectivity index (χ1) is 4.70. The average Bonchev–Trinajstić information content (AvgIpc) is 1.99. The fourth-order valence-electron chi connectivity index (χ4n) is 0.803. The van der Waals surface area contributed by atoms with Gasteiger partial charge in [-0.05, 0) is 32.5 Å². The van der Waals surface area contributed by atoms with Crippen molar-refractivity contribution in [3.63, 3.8) is 0 Å². The third-order valence-electron chi connectivity index (χ3n) is 2.24. The minimum atomic E-state index is 0.897. The van der Waals surface area contributed by atoms with E-state index in [1.807, 2.05) is 0 Å². The fraction of sp³-hybridized carbons (Fsp3) is 1.00. The van der Waals surface area contributed by atoms with Gasteiger partial charge in [-0.1, -0.05) is 27.2 Å². The fourth-order valence-corrected chi connectivity index (χ4v) is 0.803. The van der Waals surface area contributed by atoms with Crippen LogP contribution in [0.15, 0.2) is 0 Å². The van der Waals surface area contributed by atoms with Crippen molar-refractivity contribution in [1.82, 2.24) is 4.90 Å². The summed E-state index contributed by atoms with van der Waals surface area (Å²) >= 11 is 0. The van der Waals surface area contributed by atoms with Crippen molar-refractivity contribution in [2.75, 3.05) is 20.1 Å². The van der Waals surface area contributed by atoms with Crippen molar-refractivity contribution in [3.05, 3.63) is 0 Å². The molecule has 0 aliphatic carbocycles. The quantitative estimate of drug-likeness (QED) is 0.571. The Bertz CT molecular complexity index is 61.1. The largest absolute Gasteiger partial charge is 0.307 e. The Balaban J connectivity index is 3.17. The molecule has 0 radical (unpaired) electrons. The van der Waals surface area contributed by atoms with Crippen LogP contribution in [0.5, 0.6) is 0 Å². The lowest BCUT2D eigenvalue weighted by molar-refractivity contribution is 0.317. The second-order valence-electron chi connectivity index (χ2n) is 3.20. The maximum atomic E-state index is 2.37. The molecule has 62 valence electrons. The van der Waals surface area contributed by atoms with E-state index in [-0.39, 0.29) is 0 Å². The van der Waals surface area contributed by atoms with Gasteiger partial charge in [-0.2, -0.15) is 0 Å². The highest BCUT2D eigenvalue weighted by atomic mass is 15.1. The van der Waals surface area contributed by atoms with E-state index < -0.39 is 0 Å². The minimum absolute atomic E-state index is 0.897. The van der Waals surface area contributed by atoms with E-state index in [4.69, 9.17) is 0 Å². The second-order valence-corrected chi connectivity index (χ2v) is 3.20. The van der Waals surface area contributed by atoms with Crippen LogP contribution in [0.25, 0.3) is 0 Å². The van der Waals surface area contributed by atoms with Gasteiger partial charge in [0, 0.05) is 0 Å². The summed E-state index contributed by atoms with van der Waals surface area (Å²) in [5.74, 6) is 0.897. The minimum Gasteiger partial charge on any atom is -0.307 e. The Morgan fingerprint density at radius 3 is 2.30 bits per heavy atom. The summed E-state index contributed by atoms with van der Waals surface area (Å²) in [7, 11) is 2.18. The van der Waals surface area contributed by atoms with Gasteiger partial charge in [-0.25, -0.2) is 0 Å². The molecule has 1 atom stereocenters. The number of hydrogen-bond donors (Lipinski definition) is 0. The Kier molecular flexibility index (Phi) is 5.70. The predicted molar refractivity (Wildman–Crippen MR) is 47.2 cm³/mol. The van der Waals surface area contributed by atoms with Crippen molar-refractivity contribution >= 4 is 0 Å². The zero-order valence-corrected chi connectivity index (χ0v) is 7.85. The topological polar surface area (TPSA) is 3.24 Å². The van der Waals surface area contributed by atoms with Crippen molar-refractivity contribution in [2.24, 2.45) is 5.92 Å². The summed E-state index contributed by atoms with van der Waals surface area (Å²) in [6.45, 7) is 9.22. The van der Waals surface area contributed by atoms with Gasteiger partial charge in [0.15, 0.2) is 0 Å². The molecule has 1 heteroatoms. The lowest BCUT2D eigenvalue weighted by Crippen LogP contribution is -2.20. The van der Waals surface area contributed by atoms with E-state index in [1.54, 1.807) is 0 Å². The van der Waals surface area contributed by atoms with Gasteiger partial charge in [-0.3, -0.25) is 0 Å². The normalized spacial score (nSPS) is 14.1. The van der Waals surface area contributed by atoms with Crippen LogP contribution in [0.3, 0.4) is 0 Å². The molecule has 0 heterocycles. The van der Waals surface area contributed by atoms with Crippen molar-refractivity contribution < 1.29 is 0 Å². The van der Waals surface area contributed by atoms with Crippen molar-refractivity contribution in [1.29, 1.82) is 0 Å². The molecule has 0 aromatic rings. The van der Waals surface area contributed by atoms with Crippen LogP contribution < -0.4 is 0 Å². The van der Waals surface area contributed by atoms with E-state index >= 15 is 0 Å². The first-order valence-electron chi connectivity index (χ1n) is 4.39. The number of hydrogen-bond acceptors (Lipinski definition) is 1. The smallest absolute Gasteiger partial charge is 0.00194 e. The molecule has 0 saturated heterocycles. The maximum Gasteiger partial charge on any atom is -0.00194 e. The van der Waals surface area contributed by atoms with E-state index in [0.717, 1.165) is 5.92 Å². The molecule has 0 N–H and O–H groups in total.